The lowest BCUT2D eigenvalue weighted by atomic mass is 10.1. The van der Waals surface area contributed by atoms with Crippen molar-refractivity contribution in [2.75, 3.05) is 28.8 Å². The number of rotatable bonds is 6. The Morgan fingerprint density at radius 2 is 2.16 bits per heavy atom. The first-order valence-electron chi connectivity index (χ1n) is 6.90. The average molecular weight is 281 g/mol. The number of hydrogen-bond donors (Lipinski definition) is 3. The zero-order valence-electron chi connectivity index (χ0n) is 11.7. The molecule has 1 aliphatic heterocycles. The second kappa shape index (κ2) is 6.96. The number of hydrazine groups is 1. The van der Waals surface area contributed by atoms with E-state index in [0.717, 1.165) is 48.3 Å². The molecule has 6 heteroatoms. The van der Waals surface area contributed by atoms with E-state index in [1.165, 1.54) is 17.9 Å². The molecule has 0 spiro atoms. The van der Waals surface area contributed by atoms with Crippen molar-refractivity contribution in [2.24, 2.45) is 11.8 Å². The molecule has 0 aliphatic carbocycles. The summed E-state index contributed by atoms with van der Waals surface area (Å²) in [7, 11) is 0. The topological polar surface area (TPSA) is 75.9 Å². The molecular weight excluding hydrogens is 258 g/mol. The molecule has 19 heavy (non-hydrogen) atoms. The molecule has 1 aromatic rings. The number of nitrogens with two attached hydrogens (primary N) is 1. The number of thioether (sulfide) groups is 1. The van der Waals surface area contributed by atoms with Crippen LogP contribution < -0.4 is 16.6 Å². The number of aryl methyl sites for hydroxylation is 1. The van der Waals surface area contributed by atoms with Crippen molar-refractivity contribution in [2.45, 2.75) is 33.1 Å². The summed E-state index contributed by atoms with van der Waals surface area (Å²) in [5.74, 6) is 11.3. The van der Waals surface area contributed by atoms with Crippen LogP contribution in [-0.4, -0.2) is 28.0 Å². The molecule has 2 rings (SSSR count). The van der Waals surface area contributed by atoms with Gasteiger partial charge in [0.25, 0.3) is 0 Å². The van der Waals surface area contributed by atoms with Gasteiger partial charge in [-0.3, -0.25) is 0 Å². The first kappa shape index (κ1) is 14.4. The highest BCUT2D eigenvalue weighted by Crippen LogP contribution is 2.25. The molecular formula is C13H23N5S. The average Bonchev–Trinajstić information content (AvgIpc) is 2.92. The van der Waals surface area contributed by atoms with Gasteiger partial charge in [-0.15, -0.1) is 0 Å². The molecule has 0 radical (unpaired) electrons. The summed E-state index contributed by atoms with van der Waals surface area (Å²) in [4.78, 5) is 9.04. The highest BCUT2D eigenvalue weighted by molar-refractivity contribution is 7.99. The van der Waals surface area contributed by atoms with Gasteiger partial charge in [-0.05, 0) is 37.2 Å². The van der Waals surface area contributed by atoms with E-state index in [1.54, 1.807) is 0 Å². The fourth-order valence-electron chi connectivity index (χ4n) is 2.20. The van der Waals surface area contributed by atoms with Gasteiger partial charge in [0.15, 0.2) is 0 Å². The van der Waals surface area contributed by atoms with Crippen LogP contribution in [0.3, 0.4) is 0 Å². The molecule has 1 fully saturated rings. The van der Waals surface area contributed by atoms with E-state index in [1.807, 2.05) is 18.7 Å². The third-order valence-electron chi connectivity index (χ3n) is 3.38. The van der Waals surface area contributed by atoms with Crippen LogP contribution in [0.2, 0.25) is 0 Å². The smallest absolute Gasteiger partial charge is 0.148 e. The standard InChI is InChI=1S/C13H23N5S/c1-3-4-11-16-12(9(2)13(17-11)18-14)15-7-10-5-6-19-8-10/h10H,3-8,14H2,1-2H3,(H2,15,16,17,18). The summed E-state index contributed by atoms with van der Waals surface area (Å²) >= 11 is 2.04. The van der Waals surface area contributed by atoms with Crippen molar-refractivity contribution in [1.29, 1.82) is 0 Å². The van der Waals surface area contributed by atoms with Crippen LogP contribution in [0.15, 0.2) is 0 Å². The van der Waals surface area contributed by atoms with Gasteiger partial charge in [0.2, 0.25) is 0 Å². The van der Waals surface area contributed by atoms with Crippen molar-refractivity contribution >= 4 is 23.4 Å². The van der Waals surface area contributed by atoms with Gasteiger partial charge in [-0.2, -0.15) is 11.8 Å². The zero-order chi connectivity index (χ0) is 13.7. The Bertz CT molecular complexity index is 418. The van der Waals surface area contributed by atoms with Crippen molar-refractivity contribution in [3.8, 4) is 0 Å². The van der Waals surface area contributed by atoms with Crippen LogP contribution in [0.1, 0.15) is 31.2 Å². The number of nitrogen functional groups attached to an aromatic ring is 1. The monoisotopic (exact) mass is 281 g/mol. The summed E-state index contributed by atoms with van der Waals surface area (Å²) in [6, 6.07) is 0. The molecule has 1 aliphatic rings. The third kappa shape index (κ3) is 3.73. The second-order valence-electron chi connectivity index (χ2n) is 4.97. The van der Waals surface area contributed by atoms with E-state index in [0.29, 0.717) is 0 Å². The maximum Gasteiger partial charge on any atom is 0.148 e. The van der Waals surface area contributed by atoms with Gasteiger partial charge < -0.3 is 10.7 Å². The van der Waals surface area contributed by atoms with Gasteiger partial charge in [-0.1, -0.05) is 6.92 Å². The largest absolute Gasteiger partial charge is 0.369 e. The fraction of sp³-hybridized carbons (Fsp3) is 0.692. The van der Waals surface area contributed by atoms with E-state index in [2.05, 4.69) is 27.6 Å². The predicted molar refractivity (Wildman–Crippen MR) is 82.5 cm³/mol. The van der Waals surface area contributed by atoms with E-state index < -0.39 is 0 Å². The second-order valence-corrected chi connectivity index (χ2v) is 6.12. The number of anilines is 2. The minimum Gasteiger partial charge on any atom is -0.369 e. The predicted octanol–water partition coefficient (Wildman–Crippen LogP) is 2.19. The molecule has 0 amide bonds. The van der Waals surface area contributed by atoms with Gasteiger partial charge >= 0.3 is 0 Å². The SMILES string of the molecule is CCCc1nc(NN)c(C)c(NCC2CCSC2)n1. The Kier molecular flexibility index (Phi) is 5.27. The normalized spacial score (nSPS) is 18.6. The number of hydrogen-bond acceptors (Lipinski definition) is 6. The molecule has 1 atom stereocenters. The summed E-state index contributed by atoms with van der Waals surface area (Å²) < 4.78 is 0. The Morgan fingerprint density at radius 1 is 1.37 bits per heavy atom. The molecule has 1 unspecified atom stereocenters. The van der Waals surface area contributed by atoms with Crippen LogP contribution in [0, 0.1) is 12.8 Å². The highest BCUT2D eigenvalue weighted by Gasteiger charge is 2.16. The maximum atomic E-state index is 5.53. The molecule has 0 bridgehead atoms. The lowest BCUT2D eigenvalue weighted by molar-refractivity contribution is 0.629. The lowest BCUT2D eigenvalue weighted by Crippen LogP contribution is -2.18. The van der Waals surface area contributed by atoms with Gasteiger partial charge in [0.1, 0.15) is 17.5 Å². The van der Waals surface area contributed by atoms with E-state index in [-0.39, 0.29) is 0 Å². The van der Waals surface area contributed by atoms with Crippen molar-refractivity contribution in [1.82, 2.24) is 9.97 Å². The Morgan fingerprint density at radius 3 is 2.79 bits per heavy atom. The molecule has 106 valence electrons. The molecule has 2 heterocycles. The van der Waals surface area contributed by atoms with Crippen molar-refractivity contribution in [3.63, 3.8) is 0 Å². The van der Waals surface area contributed by atoms with Crippen molar-refractivity contribution in [3.05, 3.63) is 11.4 Å². The Labute approximate surface area is 119 Å². The van der Waals surface area contributed by atoms with Crippen LogP contribution in [-0.2, 0) is 6.42 Å². The first-order chi connectivity index (χ1) is 9.24. The minimum absolute atomic E-state index is 0.724. The Balaban J connectivity index is 2.09. The van der Waals surface area contributed by atoms with Gasteiger partial charge in [0.05, 0.1) is 0 Å². The Hall–Kier alpha value is -1.01. The van der Waals surface area contributed by atoms with Gasteiger partial charge in [0, 0.05) is 18.5 Å². The number of nitrogens with one attached hydrogen (secondary N) is 2. The number of aromatic nitrogens is 2. The van der Waals surface area contributed by atoms with E-state index >= 15 is 0 Å². The molecule has 4 N–H and O–H groups in total. The van der Waals surface area contributed by atoms with Crippen LogP contribution in [0.4, 0.5) is 11.6 Å². The molecule has 5 nitrogen and oxygen atoms in total. The van der Waals surface area contributed by atoms with Crippen molar-refractivity contribution < 1.29 is 0 Å². The van der Waals surface area contributed by atoms with Crippen LogP contribution in [0.5, 0.6) is 0 Å². The molecule has 0 saturated carbocycles. The fourth-order valence-corrected chi connectivity index (χ4v) is 3.48. The molecule has 0 aromatic carbocycles. The highest BCUT2D eigenvalue weighted by atomic mass is 32.2. The summed E-state index contributed by atoms with van der Waals surface area (Å²) in [5, 5.41) is 3.47. The molecule has 1 aromatic heterocycles. The lowest BCUT2D eigenvalue weighted by Gasteiger charge is -2.15. The zero-order valence-corrected chi connectivity index (χ0v) is 12.5. The minimum atomic E-state index is 0.724. The summed E-state index contributed by atoms with van der Waals surface area (Å²) in [6.45, 7) is 5.11. The van der Waals surface area contributed by atoms with Crippen LogP contribution in [0.25, 0.3) is 0 Å². The van der Waals surface area contributed by atoms with Crippen LogP contribution >= 0.6 is 11.8 Å². The molecule has 1 saturated heterocycles. The summed E-state index contributed by atoms with van der Waals surface area (Å²) in [5.41, 5.74) is 3.66. The maximum absolute atomic E-state index is 5.53. The van der Waals surface area contributed by atoms with E-state index in [4.69, 9.17) is 5.84 Å². The quantitative estimate of drug-likeness (QED) is 0.548. The third-order valence-corrected chi connectivity index (χ3v) is 4.62. The van der Waals surface area contributed by atoms with Gasteiger partial charge in [-0.25, -0.2) is 15.8 Å². The summed E-state index contributed by atoms with van der Waals surface area (Å²) in [6.07, 6.45) is 3.21. The first-order valence-corrected chi connectivity index (χ1v) is 8.05. The van der Waals surface area contributed by atoms with E-state index in [9.17, 15) is 0 Å². The number of nitrogens with zero attached hydrogens (tertiary/aromatic N) is 2.